The molecule has 0 aliphatic rings. The molecule has 0 aromatic carbocycles. The van der Waals surface area contributed by atoms with Crippen LogP contribution in [0.3, 0.4) is 0 Å². The molecule has 0 radical (unpaired) electrons. The lowest BCUT2D eigenvalue weighted by Gasteiger charge is -2.04. The summed E-state index contributed by atoms with van der Waals surface area (Å²) in [4.78, 5) is 8.15. The van der Waals surface area contributed by atoms with Crippen LogP contribution in [0.2, 0.25) is 0 Å². The number of aromatic amines is 1. The second kappa shape index (κ2) is 4.41. The van der Waals surface area contributed by atoms with Crippen molar-refractivity contribution in [2.45, 2.75) is 6.54 Å². The molecule has 2 aromatic heterocycles. The number of aromatic nitrogens is 4. The number of ether oxygens (including phenoxy) is 1. The van der Waals surface area contributed by atoms with E-state index in [0.717, 1.165) is 5.56 Å². The Morgan fingerprint density at radius 3 is 3.07 bits per heavy atom. The highest BCUT2D eigenvalue weighted by Gasteiger charge is 1.98. The van der Waals surface area contributed by atoms with Gasteiger partial charge in [-0.25, -0.2) is 0 Å². The van der Waals surface area contributed by atoms with Crippen LogP contribution in [-0.2, 0) is 6.54 Å². The molecule has 6 nitrogen and oxygen atoms in total. The number of nitrogens with zero attached hydrogens (tertiary/aromatic N) is 3. The van der Waals surface area contributed by atoms with E-state index in [1.54, 1.807) is 25.7 Å². The summed E-state index contributed by atoms with van der Waals surface area (Å²) in [5.74, 6) is 1.17. The minimum atomic E-state index is 0.493. The standard InChI is InChI=1S/C9H11N5O/c1-15-9-6-10-5-8(14-9)11-2-7-3-12-13-4-7/h3-6H,2H2,1H3,(H,11,14)(H,12,13). The summed E-state index contributed by atoms with van der Waals surface area (Å²) in [6.45, 7) is 0.651. The Bertz CT molecular complexity index is 414. The lowest BCUT2D eigenvalue weighted by Crippen LogP contribution is -2.01. The average molecular weight is 205 g/mol. The third kappa shape index (κ3) is 2.43. The van der Waals surface area contributed by atoms with Gasteiger partial charge in [0.05, 0.1) is 25.7 Å². The van der Waals surface area contributed by atoms with Crippen LogP contribution in [0.15, 0.2) is 24.8 Å². The Morgan fingerprint density at radius 1 is 1.40 bits per heavy atom. The second-order valence-corrected chi connectivity index (χ2v) is 2.91. The molecule has 0 bridgehead atoms. The van der Waals surface area contributed by atoms with E-state index in [-0.39, 0.29) is 0 Å². The second-order valence-electron chi connectivity index (χ2n) is 2.91. The molecule has 0 atom stereocenters. The van der Waals surface area contributed by atoms with E-state index in [4.69, 9.17) is 4.74 Å². The van der Waals surface area contributed by atoms with Crippen molar-refractivity contribution in [1.82, 2.24) is 20.2 Å². The lowest BCUT2D eigenvalue weighted by molar-refractivity contribution is 0.396. The number of H-pyrrole nitrogens is 1. The largest absolute Gasteiger partial charge is 0.480 e. The van der Waals surface area contributed by atoms with Gasteiger partial charge in [0.15, 0.2) is 0 Å². The Hall–Kier alpha value is -2.11. The molecule has 2 heterocycles. The first kappa shape index (κ1) is 9.45. The monoisotopic (exact) mass is 205 g/mol. The highest BCUT2D eigenvalue weighted by atomic mass is 16.5. The van der Waals surface area contributed by atoms with Crippen LogP contribution in [0.5, 0.6) is 5.88 Å². The molecule has 78 valence electrons. The first-order valence-electron chi connectivity index (χ1n) is 4.46. The van der Waals surface area contributed by atoms with Crippen molar-refractivity contribution in [3.05, 3.63) is 30.4 Å². The first-order chi connectivity index (χ1) is 7.38. The van der Waals surface area contributed by atoms with E-state index < -0.39 is 0 Å². The fourth-order valence-corrected chi connectivity index (χ4v) is 1.10. The lowest BCUT2D eigenvalue weighted by atomic mass is 10.3. The van der Waals surface area contributed by atoms with Crippen LogP contribution in [0, 0.1) is 0 Å². The molecule has 0 unspecified atom stereocenters. The van der Waals surface area contributed by atoms with Crippen molar-refractivity contribution in [1.29, 1.82) is 0 Å². The van der Waals surface area contributed by atoms with Gasteiger partial charge in [-0.3, -0.25) is 10.1 Å². The SMILES string of the molecule is COc1cncc(NCc2cn[nH]c2)n1. The molecule has 6 heteroatoms. The molecule has 2 rings (SSSR count). The third-order valence-electron chi connectivity index (χ3n) is 1.85. The van der Waals surface area contributed by atoms with E-state index in [1.807, 2.05) is 6.20 Å². The van der Waals surface area contributed by atoms with Gasteiger partial charge in [-0.2, -0.15) is 10.1 Å². The Balaban J connectivity index is 1.98. The third-order valence-corrected chi connectivity index (χ3v) is 1.85. The highest BCUT2D eigenvalue weighted by Crippen LogP contribution is 2.09. The summed E-state index contributed by atoms with van der Waals surface area (Å²) in [6, 6.07) is 0. The minimum absolute atomic E-state index is 0.493. The van der Waals surface area contributed by atoms with Gasteiger partial charge < -0.3 is 10.1 Å². The minimum Gasteiger partial charge on any atom is -0.480 e. The van der Waals surface area contributed by atoms with Crippen LogP contribution < -0.4 is 10.1 Å². The summed E-state index contributed by atoms with van der Waals surface area (Å²) >= 11 is 0. The van der Waals surface area contributed by atoms with Crippen molar-refractivity contribution in [2.75, 3.05) is 12.4 Å². The molecule has 2 aromatic rings. The first-order valence-corrected chi connectivity index (χ1v) is 4.46. The van der Waals surface area contributed by atoms with E-state index in [0.29, 0.717) is 18.2 Å². The van der Waals surface area contributed by atoms with Crippen LogP contribution in [0.25, 0.3) is 0 Å². The highest BCUT2D eigenvalue weighted by molar-refractivity contribution is 5.34. The molecular weight excluding hydrogens is 194 g/mol. The molecular formula is C9H11N5O. The van der Waals surface area contributed by atoms with Crippen LogP contribution >= 0.6 is 0 Å². The van der Waals surface area contributed by atoms with E-state index in [1.165, 1.54) is 0 Å². The summed E-state index contributed by atoms with van der Waals surface area (Å²) in [5, 5.41) is 9.69. The average Bonchev–Trinajstić information content (AvgIpc) is 2.79. The number of nitrogens with one attached hydrogen (secondary N) is 2. The van der Waals surface area contributed by atoms with E-state index in [2.05, 4.69) is 25.5 Å². The van der Waals surface area contributed by atoms with Crippen molar-refractivity contribution in [3.63, 3.8) is 0 Å². The number of anilines is 1. The molecule has 0 aliphatic carbocycles. The number of methoxy groups -OCH3 is 1. The molecule has 0 fully saturated rings. The maximum absolute atomic E-state index is 4.96. The van der Waals surface area contributed by atoms with Crippen LogP contribution in [0.4, 0.5) is 5.82 Å². The van der Waals surface area contributed by atoms with Gasteiger partial charge in [-0.05, 0) is 0 Å². The fourth-order valence-electron chi connectivity index (χ4n) is 1.10. The summed E-state index contributed by atoms with van der Waals surface area (Å²) in [6.07, 6.45) is 6.77. The summed E-state index contributed by atoms with van der Waals surface area (Å²) in [5.41, 5.74) is 1.06. The van der Waals surface area contributed by atoms with Gasteiger partial charge >= 0.3 is 0 Å². The summed E-state index contributed by atoms with van der Waals surface area (Å²) in [7, 11) is 1.56. The number of hydrogen-bond acceptors (Lipinski definition) is 5. The smallest absolute Gasteiger partial charge is 0.233 e. The van der Waals surface area contributed by atoms with Gasteiger partial charge in [0.1, 0.15) is 5.82 Å². The van der Waals surface area contributed by atoms with Gasteiger partial charge in [0.25, 0.3) is 0 Å². The summed E-state index contributed by atoms with van der Waals surface area (Å²) < 4.78 is 4.96. The molecule has 0 saturated heterocycles. The van der Waals surface area contributed by atoms with Crippen molar-refractivity contribution < 1.29 is 4.74 Å². The Kier molecular flexibility index (Phi) is 2.77. The number of hydrogen-bond donors (Lipinski definition) is 2. The zero-order valence-corrected chi connectivity index (χ0v) is 8.27. The predicted octanol–water partition coefficient (Wildman–Crippen LogP) is 0.820. The zero-order chi connectivity index (χ0) is 10.5. The van der Waals surface area contributed by atoms with Gasteiger partial charge in [0, 0.05) is 18.3 Å². The normalized spacial score (nSPS) is 9.93. The van der Waals surface area contributed by atoms with Crippen LogP contribution in [0.1, 0.15) is 5.56 Å². The predicted molar refractivity (Wildman–Crippen MR) is 54.5 cm³/mol. The Morgan fingerprint density at radius 2 is 2.33 bits per heavy atom. The molecule has 0 aliphatic heterocycles. The topological polar surface area (TPSA) is 75.7 Å². The molecule has 0 spiro atoms. The number of rotatable bonds is 4. The van der Waals surface area contributed by atoms with Gasteiger partial charge in [-0.1, -0.05) is 0 Å². The zero-order valence-electron chi connectivity index (χ0n) is 8.27. The van der Waals surface area contributed by atoms with Crippen molar-refractivity contribution in [2.24, 2.45) is 0 Å². The van der Waals surface area contributed by atoms with E-state index >= 15 is 0 Å². The fraction of sp³-hybridized carbons (Fsp3) is 0.222. The van der Waals surface area contributed by atoms with E-state index in [9.17, 15) is 0 Å². The van der Waals surface area contributed by atoms with Crippen molar-refractivity contribution in [3.8, 4) is 5.88 Å². The van der Waals surface area contributed by atoms with Crippen molar-refractivity contribution >= 4 is 5.82 Å². The molecule has 0 amide bonds. The maximum Gasteiger partial charge on any atom is 0.233 e. The molecule has 0 saturated carbocycles. The Labute approximate surface area is 86.7 Å². The van der Waals surface area contributed by atoms with Gasteiger partial charge in [0.2, 0.25) is 5.88 Å². The molecule has 2 N–H and O–H groups in total. The maximum atomic E-state index is 4.96. The van der Waals surface area contributed by atoms with Crippen LogP contribution in [-0.4, -0.2) is 27.3 Å². The molecule has 15 heavy (non-hydrogen) atoms. The van der Waals surface area contributed by atoms with Gasteiger partial charge in [-0.15, -0.1) is 0 Å². The quantitative estimate of drug-likeness (QED) is 0.772.